The lowest BCUT2D eigenvalue weighted by atomic mass is 10.1. The van der Waals surface area contributed by atoms with Gasteiger partial charge < -0.3 is 14.7 Å². The highest BCUT2D eigenvalue weighted by Crippen LogP contribution is 2.26. The maximum absolute atomic E-state index is 12.9. The molecule has 0 saturated carbocycles. The summed E-state index contributed by atoms with van der Waals surface area (Å²) >= 11 is 0. The first-order valence-electron chi connectivity index (χ1n) is 10.8. The Labute approximate surface area is 191 Å². The molecule has 1 aromatic heterocycles. The van der Waals surface area contributed by atoms with E-state index < -0.39 is 5.92 Å². The van der Waals surface area contributed by atoms with Crippen LogP contribution in [0.2, 0.25) is 0 Å². The van der Waals surface area contributed by atoms with Gasteiger partial charge >= 0.3 is 0 Å². The van der Waals surface area contributed by atoms with Gasteiger partial charge in [0.15, 0.2) is 0 Å². The van der Waals surface area contributed by atoms with Gasteiger partial charge in [-0.05, 0) is 23.8 Å². The fraction of sp³-hybridized carbons (Fsp3) is 0.154. The zero-order chi connectivity index (χ0) is 22.6. The van der Waals surface area contributed by atoms with Gasteiger partial charge in [0.2, 0.25) is 17.6 Å². The normalized spacial score (nSPS) is 15.6. The average molecular weight is 438 g/mol. The lowest BCUT2D eigenvalue weighted by Crippen LogP contribution is -2.28. The number of likely N-dealkylation sites (tertiary alicyclic amines) is 1. The molecule has 4 aromatic rings. The van der Waals surface area contributed by atoms with Crippen LogP contribution in [-0.2, 0) is 16.1 Å². The number of rotatable bonds is 6. The molecule has 0 spiro atoms. The Bertz CT molecular complexity index is 1270. The van der Waals surface area contributed by atoms with Crippen LogP contribution in [0.4, 0.5) is 5.69 Å². The van der Waals surface area contributed by atoms with E-state index in [4.69, 9.17) is 4.52 Å². The SMILES string of the molecule is O=C(Nc1cccc(-c2nc(-c3ccccc3)no2)c1)C1CC(=O)N(Cc2ccccc2)C1. The van der Waals surface area contributed by atoms with Crippen molar-refractivity contribution in [1.29, 1.82) is 0 Å². The fourth-order valence-electron chi connectivity index (χ4n) is 3.92. The molecule has 7 nitrogen and oxygen atoms in total. The smallest absolute Gasteiger partial charge is 0.258 e. The van der Waals surface area contributed by atoms with Crippen molar-refractivity contribution in [3.05, 3.63) is 90.5 Å². The van der Waals surface area contributed by atoms with Gasteiger partial charge in [0, 0.05) is 36.3 Å². The van der Waals surface area contributed by atoms with Crippen LogP contribution < -0.4 is 5.32 Å². The largest absolute Gasteiger partial charge is 0.338 e. The monoisotopic (exact) mass is 438 g/mol. The summed E-state index contributed by atoms with van der Waals surface area (Å²) in [6.45, 7) is 0.920. The number of nitrogens with zero attached hydrogens (tertiary/aromatic N) is 3. The van der Waals surface area contributed by atoms with Crippen LogP contribution in [0.3, 0.4) is 0 Å². The zero-order valence-electron chi connectivity index (χ0n) is 17.8. The third-order valence-electron chi connectivity index (χ3n) is 5.64. The Morgan fingerprint density at radius 2 is 1.70 bits per heavy atom. The third-order valence-corrected chi connectivity index (χ3v) is 5.64. The lowest BCUT2D eigenvalue weighted by molar-refractivity contribution is -0.128. The highest BCUT2D eigenvalue weighted by Gasteiger charge is 2.34. The molecule has 1 saturated heterocycles. The molecule has 1 fully saturated rings. The van der Waals surface area contributed by atoms with Crippen molar-refractivity contribution in [2.45, 2.75) is 13.0 Å². The van der Waals surface area contributed by atoms with Crippen molar-refractivity contribution < 1.29 is 14.1 Å². The molecular formula is C26H22N4O3. The average Bonchev–Trinajstić information content (AvgIpc) is 3.48. The Balaban J connectivity index is 1.25. The number of carbonyl (C=O) groups is 2. The van der Waals surface area contributed by atoms with E-state index in [0.29, 0.717) is 36.1 Å². The number of hydrogen-bond acceptors (Lipinski definition) is 5. The van der Waals surface area contributed by atoms with E-state index in [1.54, 1.807) is 17.0 Å². The Morgan fingerprint density at radius 3 is 2.48 bits per heavy atom. The molecule has 5 rings (SSSR count). The van der Waals surface area contributed by atoms with Crippen molar-refractivity contribution >= 4 is 17.5 Å². The van der Waals surface area contributed by atoms with Gasteiger partial charge in [-0.25, -0.2) is 0 Å². The van der Waals surface area contributed by atoms with Gasteiger partial charge in [-0.2, -0.15) is 4.98 Å². The minimum Gasteiger partial charge on any atom is -0.338 e. The standard InChI is InChI=1S/C26H22N4O3/c31-23-15-21(17-30(23)16-18-8-3-1-4-9-18)25(32)27-22-13-7-12-20(14-22)26-28-24(29-33-26)19-10-5-2-6-11-19/h1-14,21H,15-17H2,(H,27,32). The summed E-state index contributed by atoms with van der Waals surface area (Å²) in [5, 5.41) is 6.98. The molecule has 1 aliphatic rings. The van der Waals surface area contributed by atoms with Gasteiger partial charge in [0.1, 0.15) is 0 Å². The summed E-state index contributed by atoms with van der Waals surface area (Å²) in [6.07, 6.45) is 0.211. The Morgan fingerprint density at radius 1 is 0.970 bits per heavy atom. The van der Waals surface area contributed by atoms with Crippen LogP contribution >= 0.6 is 0 Å². The van der Waals surface area contributed by atoms with Crippen molar-refractivity contribution in [1.82, 2.24) is 15.0 Å². The molecule has 1 unspecified atom stereocenters. The number of amides is 2. The molecule has 1 atom stereocenters. The van der Waals surface area contributed by atoms with E-state index in [2.05, 4.69) is 15.5 Å². The molecule has 0 bridgehead atoms. The van der Waals surface area contributed by atoms with E-state index in [1.165, 1.54) is 0 Å². The predicted molar refractivity (Wildman–Crippen MR) is 124 cm³/mol. The first kappa shape index (κ1) is 20.6. The molecule has 0 aliphatic carbocycles. The van der Waals surface area contributed by atoms with E-state index >= 15 is 0 Å². The first-order valence-corrected chi connectivity index (χ1v) is 10.8. The summed E-state index contributed by atoms with van der Waals surface area (Å²) < 4.78 is 5.42. The second-order valence-electron chi connectivity index (χ2n) is 8.02. The Hall–Kier alpha value is -4.26. The Kier molecular flexibility index (Phi) is 5.68. The second kappa shape index (κ2) is 9.08. The van der Waals surface area contributed by atoms with E-state index in [1.807, 2.05) is 72.8 Å². The van der Waals surface area contributed by atoms with E-state index in [9.17, 15) is 9.59 Å². The number of anilines is 1. The van der Waals surface area contributed by atoms with Crippen molar-refractivity contribution in [3.8, 4) is 22.8 Å². The van der Waals surface area contributed by atoms with Crippen LogP contribution in [0.5, 0.6) is 0 Å². The lowest BCUT2D eigenvalue weighted by Gasteiger charge is -2.16. The van der Waals surface area contributed by atoms with Gasteiger partial charge in [-0.15, -0.1) is 0 Å². The molecule has 164 valence electrons. The number of carbonyl (C=O) groups excluding carboxylic acids is 2. The number of aromatic nitrogens is 2. The van der Waals surface area contributed by atoms with Crippen LogP contribution in [0, 0.1) is 5.92 Å². The summed E-state index contributed by atoms with van der Waals surface area (Å²) in [5.74, 6) is 0.301. The maximum atomic E-state index is 12.9. The summed E-state index contributed by atoms with van der Waals surface area (Å²) in [6, 6.07) is 26.6. The molecule has 2 heterocycles. The van der Waals surface area contributed by atoms with Gasteiger partial charge in [-0.3, -0.25) is 9.59 Å². The van der Waals surface area contributed by atoms with Crippen molar-refractivity contribution in [3.63, 3.8) is 0 Å². The second-order valence-corrected chi connectivity index (χ2v) is 8.02. The number of benzene rings is 3. The van der Waals surface area contributed by atoms with Crippen molar-refractivity contribution in [2.75, 3.05) is 11.9 Å². The molecule has 33 heavy (non-hydrogen) atoms. The summed E-state index contributed by atoms with van der Waals surface area (Å²) in [7, 11) is 0. The van der Waals surface area contributed by atoms with Gasteiger partial charge in [0.05, 0.1) is 5.92 Å². The minimum atomic E-state index is -0.391. The summed E-state index contributed by atoms with van der Waals surface area (Å²) in [5.41, 5.74) is 3.23. The summed E-state index contributed by atoms with van der Waals surface area (Å²) in [4.78, 5) is 31.5. The molecule has 7 heteroatoms. The molecule has 3 aromatic carbocycles. The molecule has 0 radical (unpaired) electrons. The maximum Gasteiger partial charge on any atom is 0.258 e. The van der Waals surface area contributed by atoms with Gasteiger partial charge in [0.25, 0.3) is 5.89 Å². The number of nitrogens with one attached hydrogen (secondary N) is 1. The van der Waals surface area contributed by atoms with E-state index in [0.717, 1.165) is 11.1 Å². The van der Waals surface area contributed by atoms with Crippen molar-refractivity contribution in [2.24, 2.45) is 5.92 Å². The van der Waals surface area contributed by atoms with Crippen LogP contribution in [-0.4, -0.2) is 33.4 Å². The van der Waals surface area contributed by atoms with Crippen LogP contribution in [0.15, 0.2) is 89.5 Å². The van der Waals surface area contributed by atoms with Crippen LogP contribution in [0.1, 0.15) is 12.0 Å². The minimum absolute atomic E-state index is 0.00736. The molecule has 1 N–H and O–H groups in total. The first-order chi connectivity index (χ1) is 16.2. The highest BCUT2D eigenvalue weighted by atomic mass is 16.5. The van der Waals surface area contributed by atoms with Crippen LogP contribution in [0.25, 0.3) is 22.8 Å². The molecular weight excluding hydrogens is 416 g/mol. The topological polar surface area (TPSA) is 88.3 Å². The number of hydrogen-bond donors (Lipinski definition) is 1. The molecule has 2 amide bonds. The quantitative estimate of drug-likeness (QED) is 0.482. The zero-order valence-corrected chi connectivity index (χ0v) is 17.8. The van der Waals surface area contributed by atoms with E-state index in [-0.39, 0.29) is 18.2 Å². The highest BCUT2D eigenvalue weighted by molar-refractivity contribution is 5.97. The third kappa shape index (κ3) is 4.67. The van der Waals surface area contributed by atoms with Gasteiger partial charge in [-0.1, -0.05) is 71.9 Å². The molecule has 1 aliphatic heterocycles. The fourth-order valence-corrected chi connectivity index (χ4v) is 3.92. The predicted octanol–water partition coefficient (Wildman–Crippen LogP) is 4.39.